The summed E-state index contributed by atoms with van der Waals surface area (Å²) in [7, 11) is 0. The predicted molar refractivity (Wildman–Crippen MR) is 151 cm³/mol. The Hall–Kier alpha value is -4.54. The van der Waals surface area contributed by atoms with Gasteiger partial charge in [0, 0.05) is 29.5 Å². The Balaban J connectivity index is 0.00000289. The van der Waals surface area contributed by atoms with Crippen molar-refractivity contribution in [3.05, 3.63) is 121 Å². The van der Waals surface area contributed by atoms with Crippen LogP contribution in [0.3, 0.4) is 0 Å². The standard InChI is InChI=1S/C33H22N4O2.Pt/c1-21-8-3-4-11-27(21)23-13-15-29-28-16-14-26(20-30(28)33-35-22(2)36-37(33)31(29)18-23)38-24-9-7-10-25(19-24)39-32-12-5-6-17-34-32;/h3-18H,1-2H3;/q-2;+2. The van der Waals surface area contributed by atoms with E-state index in [1.165, 1.54) is 11.1 Å². The molecular weight excluding hydrogens is 679 g/mol. The summed E-state index contributed by atoms with van der Waals surface area (Å²) in [5.74, 6) is 2.75. The van der Waals surface area contributed by atoms with Crippen molar-refractivity contribution >= 4 is 27.3 Å². The number of aryl methyl sites for hydroxylation is 2. The molecule has 7 heteroatoms. The summed E-state index contributed by atoms with van der Waals surface area (Å²) in [5, 5.41) is 7.67. The van der Waals surface area contributed by atoms with Crippen LogP contribution in [0.25, 0.3) is 38.4 Å². The average Bonchev–Trinajstić information content (AvgIpc) is 3.36. The average molecular weight is 702 g/mol. The van der Waals surface area contributed by atoms with Crippen LogP contribution >= 0.6 is 0 Å². The summed E-state index contributed by atoms with van der Waals surface area (Å²) in [6.45, 7) is 4.03. The van der Waals surface area contributed by atoms with Crippen molar-refractivity contribution in [3.63, 3.8) is 0 Å². The van der Waals surface area contributed by atoms with Gasteiger partial charge in [-0.1, -0.05) is 65.4 Å². The van der Waals surface area contributed by atoms with Gasteiger partial charge in [0.25, 0.3) is 0 Å². The minimum atomic E-state index is 0. The van der Waals surface area contributed by atoms with Crippen molar-refractivity contribution in [2.45, 2.75) is 13.8 Å². The van der Waals surface area contributed by atoms with E-state index < -0.39 is 0 Å². The molecule has 196 valence electrons. The molecule has 0 atom stereocenters. The number of ether oxygens (including phenoxy) is 2. The van der Waals surface area contributed by atoms with Crippen molar-refractivity contribution in [2.75, 3.05) is 0 Å². The van der Waals surface area contributed by atoms with E-state index in [1.807, 2.05) is 47.8 Å². The Morgan fingerprint density at radius 1 is 0.725 bits per heavy atom. The Bertz CT molecular complexity index is 2000. The van der Waals surface area contributed by atoms with E-state index in [4.69, 9.17) is 19.6 Å². The molecule has 0 spiro atoms. The second-order valence-corrected chi connectivity index (χ2v) is 9.30. The summed E-state index contributed by atoms with van der Waals surface area (Å²) in [6.07, 6.45) is 1.68. The topological polar surface area (TPSA) is 61.5 Å². The summed E-state index contributed by atoms with van der Waals surface area (Å²) >= 11 is 0. The van der Waals surface area contributed by atoms with Crippen LogP contribution in [0.15, 0.2) is 97.2 Å². The van der Waals surface area contributed by atoms with E-state index in [0.717, 1.165) is 32.9 Å². The Labute approximate surface area is 245 Å². The van der Waals surface area contributed by atoms with Crippen molar-refractivity contribution in [1.82, 2.24) is 19.6 Å². The molecule has 40 heavy (non-hydrogen) atoms. The molecule has 0 aliphatic rings. The third kappa shape index (κ3) is 4.72. The van der Waals surface area contributed by atoms with Gasteiger partial charge in [-0.25, -0.2) is 4.98 Å². The van der Waals surface area contributed by atoms with Crippen molar-refractivity contribution in [2.24, 2.45) is 0 Å². The number of hydrogen-bond donors (Lipinski definition) is 0. The molecule has 0 fully saturated rings. The minimum Gasteiger partial charge on any atom is -0.503 e. The maximum absolute atomic E-state index is 6.15. The van der Waals surface area contributed by atoms with Gasteiger partial charge in [-0.2, -0.15) is 11.2 Å². The zero-order chi connectivity index (χ0) is 26.3. The van der Waals surface area contributed by atoms with Crippen LogP contribution in [0.2, 0.25) is 0 Å². The molecule has 0 radical (unpaired) electrons. The Morgan fingerprint density at radius 3 is 2.33 bits per heavy atom. The number of fused-ring (bicyclic) bond motifs is 6. The predicted octanol–water partition coefficient (Wildman–Crippen LogP) is 7.90. The molecule has 0 aliphatic carbocycles. The molecule has 7 rings (SSSR count). The number of aromatic nitrogens is 4. The molecule has 4 aromatic carbocycles. The van der Waals surface area contributed by atoms with E-state index in [0.29, 0.717) is 29.0 Å². The van der Waals surface area contributed by atoms with Gasteiger partial charge in [0.1, 0.15) is 5.82 Å². The first-order valence-electron chi connectivity index (χ1n) is 12.6. The van der Waals surface area contributed by atoms with Gasteiger partial charge in [0.2, 0.25) is 5.88 Å². The molecule has 7 aromatic rings. The smallest absolute Gasteiger partial charge is 0.503 e. The van der Waals surface area contributed by atoms with Crippen molar-refractivity contribution < 1.29 is 30.5 Å². The second kappa shape index (κ2) is 10.6. The van der Waals surface area contributed by atoms with Gasteiger partial charge in [-0.05, 0) is 48.1 Å². The first-order valence-corrected chi connectivity index (χ1v) is 12.6. The van der Waals surface area contributed by atoms with Gasteiger partial charge in [-0.3, -0.25) is 9.50 Å². The largest absolute Gasteiger partial charge is 2.00 e. The quantitative estimate of drug-likeness (QED) is 0.135. The fourth-order valence-corrected chi connectivity index (χ4v) is 4.86. The van der Waals surface area contributed by atoms with Gasteiger partial charge in [-0.15, -0.1) is 24.3 Å². The van der Waals surface area contributed by atoms with Crippen molar-refractivity contribution in [3.8, 4) is 34.3 Å². The van der Waals surface area contributed by atoms with E-state index in [1.54, 1.807) is 12.3 Å². The molecule has 0 saturated heterocycles. The normalized spacial score (nSPS) is 11.1. The third-order valence-corrected chi connectivity index (χ3v) is 6.64. The molecule has 3 heterocycles. The number of hydrogen-bond acceptors (Lipinski definition) is 5. The van der Waals surface area contributed by atoms with Crippen molar-refractivity contribution in [1.29, 1.82) is 0 Å². The van der Waals surface area contributed by atoms with Crippen LogP contribution in [0.5, 0.6) is 23.1 Å². The van der Waals surface area contributed by atoms with Gasteiger partial charge < -0.3 is 9.47 Å². The molecule has 0 saturated carbocycles. The first-order chi connectivity index (χ1) is 19.1. The molecule has 0 bridgehead atoms. The third-order valence-electron chi connectivity index (χ3n) is 6.64. The zero-order valence-corrected chi connectivity index (χ0v) is 23.9. The maximum Gasteiger partial charge on any atom is 2.00 e. The SMILES string of the molecule is Cc1nc2c3[c-]c(Oc4[c-]c(Oc5ccccn5)ccc4)ccc3c3ccc(-c4ccccc4C)cc3n2n1.[Pt+2]. The van der Waals surface area contributed by atoms with E-state index >= 15 is 0 Å². The van der Waals surface area contributed by atoms with E-state index in [2.05, 4.69) is 72.6 Å². The van der Waals surface area contributed by atoms with Crippen LogP contribution in [0.4, 0.5) is 0 Å². The number of benzene rings is 4. The molecule has 0 N–H and O–H groups in total. The molecular formula is C33H22N4O2Pt. The summed E-state index contributed by atoms with van der Waals surface area (Å²) in [5.41, 5.74) is 5.30. The first kappa shape index (κ1) is 25.7. The van der Waals surface area contributed by atoms with Crippen LogP contribution in [0, 0.1) is 26.0 Å². The van der Waals surface area contributed by atoms with E-state index in [9.17, 15) is 0 Å². The summed E-state index contributed by atoms with van der Waals surface area (Å²) in [4.78, 5) is 8.95. The fourth-order valence-electron chi connectivity index (χ4n) is 4.86. The van der Waals surface area contributed by atoms with Crippen LogP contribution < -0.4 is 9.47 Å². The van der Waals surface area contributed by atoms with Crippen LogP contribution in [-0.4, -0.2) is 19.6 Å². The van der Waals surface area contributed by atoms with Gasteiger partial charge in [0.05, 0.1) is 11.2 Å². The molecule has 3 aromatic heterocycles. The molecule has 0 amide bonds. The second-order valence-electron chi connectivity index (χ2n) is 9.30. The molecule has 0 unspecified atom stereocenters. The van der Waals surface area contributed by atoms with E-state index in [-0.39, 0.29) is 21.1 Å². The summed E-state index contributed by atoms with van der Waals surface area (Å²) in [6, 6.07) is 36.4. The van der Waals surface area contributed by atoms with Crippen LogP contribution in [-0.2, 0) is 21.1 Å². The van der Waals surface area contributed by atoms with Crippen LogP contribution in [0.1, 0.15) is 11.4 Å². The van der Waals surface area contributed by atoms with Gasteiger partial charge >= 0.3 is 21.1 Å². The Morgan fingerprint density at radius 2 is 1.50 bits per heavy atom. The summed E-state index contributed by atoms with van der Waals surface area (Å²) < 4.78 is 13.9. The molecule has 0 aliphatic heterocycles. The van der Waals surface area contributed by atoms with Gasteiger partial charge in [0.15, 0.2) is 0 Å². The number of rotatable bonds is 5. The monoisotopic (exact) mass is 701 g/mol. The fraction of sp³-hybridized carbons (Fsp3) is 0.0606. The minimum absolute atomic E-state index is 0. The maximum atomic E-state index is 6.15. The number of nitrogens with zero attached hydrogens (tertiary/aromatic N) is 4. The zero-order valence-electron chi connectivity index (χ0n) is 21.7. The Kier molecular flexibility index (Phi) is 6.79. The number of pyridine rings is 2. The molecule has 6 nitrogen and oxygen atoms in total.